The summed E-state index contributed by atoms with van der Waals surface area (Å²) in [5.74, 6) is 0.645. The summed E-state index contributed by atoms with van der Waals surface area (Å²) in [5, 5.41) is 0.574. The number of nitrogens with two attached hydrogens (primary N) is 1. The molecule has 0 atom stereocenters. The Labute approximate surface area is 107 Å². The van der Waals surface area contributed by atoms with Gasteiger partial charge in [0, 0.05) is 19.2 Å². The summed E-state index contributed by atoms with van der Waals surface area (Å²) >= 11 is 6.03. The highest BCUT2D eigenvalue weighted by molar-refractivity contribution is 6.32. The molecule has 0 saturated heterocycles. The van der Waals surface area contributed by atoms with Crippen molar-refractivity contribution in [2.75, 3.05) is 33.5 Å². The SMILES string of the molecule is COCCOCCOc1c(Cl)cccc1CN. The van der Waals surface area contributed by atoms with E-state index in [9.17, 15) is 0 Å². The number of para-hydroxylation sites is 1. The molecule has 0 aliphatic rings. The average Bonchev–Trinajstić information content (AvgIpc) is 2.35. The van der Waals surface area contributed by atoms with E-state index in [-0.39, 0.29) is 0 Å². The first-order valence-corrected chi connectivity index (χ1v) is 5.84. The van der Waals surface area contributed by atoms with E-state index in [1.54, 1.807) is 13.2 Å². The normalized spacial score (nSPS) is 10.5. The number of rotatable bonds is 8. The Hall–Kier alpha value is -0.810. The molecule has 17 heavy (non-hydrogen) atoms. The van der Waals surface area contributed by atoms with Crippen LogP contribution in [-0.2, 0) is 16.0 Å². The van der Waals surface area contributed by atoms with Crippen molar-refractivity contribution in [2.24, 2.45) is 5.73 Å². The van der Waals surface area contributed by atoms with Crippen LogP contribution >= 0.6 is 11.6 Å². The molecule has 0 heterocycles. The molecular formula is C12H18ClNO3. The minimum Gasteiger partial charge on any atom is -0.489 e. The monoisotopic (exact) mass is 259 g/mol. The lowest BCUT2D eigenvalue weighted by atomic mass is 10.2. The van der Waals surface area contributed by atoms with Crippen LogP contribution in [0.3, 0.4) is 0 Å². The van der Waals surface area contributed by atoms with Gasteiger partial charge in [0.15, 0.2) is 0 Å². The molecule has 0 spiro atoms. The second-order valence-corrected chi connectivity index (χ2v) is 3.79. The predicted octanol–water partition coefficient (Wildman–Crippen LogP) is 1.84. The topological polar surface area (TPSA) is 53.7 Å². The van der Waals surface area contributed by atoms with Gasteiger partial charge in [0.2, 0.25) is 0 Å². The standard InChI is InChI=1S/C12H18ClNO3/c1-15-5-6-16-7-8-17-12-10(9-14)3-2-4-11(12)13/h2-4H,5-9,14H2,1H3. The molecule has 1 aromatic carbocycles. The zero-order valence-corrected chi connectivity index (χ0v) is 10.7. The third kappa shape index (κ3) is 4.91. The van der Waals surface area contributed by atoms with E-state index in [1.807, 2.05) is 12.1 Å². The molecule has 96 valence electrons. The zero-order chi connectivity index (χ0) is 12.5. The summed E-state index contributed by atoms with van der Waals surface area (Å²) in [6, 6.07) is 5.53. The van der Waals surface area contributed by atoms with E-state index >= 15 is 0 Å². The molecule has 1 rings (SSSR count). The van der Waals surface area contributed by atoms with E-state index in [4.69, 9.17) is 31.5 Å². The number of benzene rings is 1. The van der Waals surface area contributed by atoms with Crippen LogP contribution in [0.2, 0.25) is 5.02 Å². The summed E-state index contributed by atoms with van der Waals surface area (Å²) in [5.41, 5.74) is 6.50. The van der Waals surface area contributed by atoms with Crippen molar-refractivity contribution >= 4 is 11.6 Å². The molecule has 0 bridgehead atoms. The minimum absolute atomic E-state index is 0.403. The molecule has 2 N–H and O–H groups in total. The van der Waals surface area contributed by atoms with Crippen molar-refractivity contribution in [3.8, 4) is 5.75 Å². The maximum Gasteiger partial charge on any atom is 0.142 e. The summed E-state index contributed by atoms with van der Waals surface area (Å²) < 4.78 is 15.7. The molecule has 0 aromatic heterocycles. The molecule has 0 saturated carbocycles. The van der Waals surface area contributed by atoms with Crippen LogP contribution < -0.4 is 10.5 Å². The number of halogens is 1. The Morgan fingerprint density at radius 1 is 1.18 bits per heavy atom. The smallest absolute Gasteiger partial charge is 0.142 e. The molecule has 0 radical (unpaired) electrons. The summed E-state index contributed by atoms with van der Waals surface area (Å²) in [6.45, 7) is 2.49. The lowest BCUT2D eigenvalue weighted by Gasteiger charge is -2.12. The van der Waals surface area contributed by atoms with E-state index in [2.05, 4.69) is 0 Å². The molecule has 4 nitrogen and oxygen atoms in total. The lowest BCUT2D eigenvalue weighted by molar-refractivity contribution is 0.0543. The van der Waals surface area contributed by atoms with Gasteiger partial charge in [-0.1, -0.05) is 23.7 Å². The van der Waals surface area contributed by atoms with Gasteiger partial charge in [-0.05, 0) is 6.07 Å². The van der Waals surface area contributed by atoms with E-state index in [0.717, 1.165) is 5.56 Å². The van der Waals surface area contributed by atoms with E-state index in [0.29, 0.717) is 43.7 Å². The van der Waals surface area contributed by atoms with Crippen molar-refractivity contribution in [2.45, 2.75) is 6.54 Å². The van der Waals surface area contributed by atoms with Gasteiger partial charge in [0.05, 0.1) is 24.8 Å². The van der Waals surface area contributed by atoms with Crippen LogP contribution in [0.5, 0.6) is 5.75 Å². The molecular weight excluding hydrogens is 242 g/mol. The maximum atomic E-state index is 6.03. The Kier molecular flexibility index (Phi) is 6.96. The number of hydrogen-bond acceptors (Lipinski definition) is 4. The lowest BCUT2D eigenvalue weighted by Crippen LogP contribution is -2.11. The third-order valence-corrected chi connectivity index (χ3v) is 2.47. The van der Waals surface area contributed by atoms with Crippen LogP contribution in [-0.4, -0.2) is 33.5 Å². The van der Waals surface area contributed by atoms with Gasteiger partial charge in [0.25, 0.3) is 0 Å². The number of ether oxygens (including phenoxy) is 3. The van der Waals surface area contributed by atoms with Gasteiger partial charge in [-0.25, -0.2) is 0 Å². The molecule has 0 unspecified atom stereocenters. The van der Waals surface area contributed by atoms with Gasteiger partial charge in [-0.3, -0.25) is 0 Å². The van der Waals surface area contributed by atoms with E-state index in [1.165, 1.54) is 0 Å². The quantitative estimate of drug-likeness (QED) is 0.724. The van der Waals surface area contributed by atoms with Gasteiger partial charge < -0.3 is 19.9 Å². The summed E-state index contributed by atoms with van der Waals surface area (Å²) in [4.78, 5) is 0. The highest BCUT2D eigenvalue weighted by Gasteiger charge is 2.06. The highest BCUT2D eigenvalue weighted by atomic mass is 35.5. The van der Waals surface area contributed by atoms with Crippen molar-refractivity contribution in [3.05, 3.63) is 28.8 Å². The highest BCUT2D eigenvalue weighted by Crippen LogP contribution is 2.28. The predicted molar refractivity (Wildman–Crippen MR) is 67.5 cm³/mol. The molecule has 1 aromatic rings. The minimum atomic E-state index is 0.403. The van der Waals surface area contributed by atoms with E-state index < -0.39 is 0 Å². The molecule has 5 heteroatoms. The first-order chi connectivity index (χ1) is 8.29. The largest absolute Gasteiger partial charge is 0.489 e. The third-order valence-electron chi connectivity index (χ3n) is 2.17. The van der Waals surface area contributed by atoms with Gasteiger partial charge in [-0.15, -0.1) is 0 Å². The van der Waals surface area contributed by atoms with Gasteiger partial charge in [0.1, 0.15) is 12.4 Å². The number of hydrogen-bond donors (Lipinski definition) is 1. The van der Waals surface area contributed by atoms with Gasteiger partial charge >= 0.3 is 0 Å². The molecule has 0 aliphatic heterocycles. The first-order valence-electron chi connectivity index (χ1n) is 5.46. The number of methoxy groups -OCH3 is 1. The summed E-state index contributed by atoms with van der Waals surface area (Å²) in [7, 11) is 1.64. The Bertz CT molecular complexity index is 334. The fourth-order valence-corrected chi connectivity index (χ4v) is 1.57. The Morgan fingerprint density at radius 3 is 2.65 bits per heavy atom. The van der Waals surface area contributed by atoms with Crippen LogP contribution in [0.15, 0.2) is 18.2 Å². The molecule has 0 fully saturated rings. The van der Waals surface area contributed by atoms with Crippen LogP contribution in [0.4, 0.5) is 0 Å². The Morgan fingerprint density at radius 2 is 1.94 bits per heavy atom. The zero-order valence-electron chi connectivity index (χ0n) is 9.95. The van der Waals surface area contributed by atoms with Crippen molar-refractivity contribution in [1.29, 1.82) is 0 Å². The van der Waals surface area contributed by atoms with Crippen molar-refractivity contribution < 1.29 is 14.2 Å². The molecule has 0 amide bonds. The fraction of sp³-hybridized carbons (Fsp3) is 0.500. The molecule has 0 aliphatic carbocycles. The second kappa shape index (κ2) is 8.31. The van der Waals surface area contributed by atoms with Crippen molar-refractivity contribution in [1.82, 2.24) is 0 Å². The van der Waals surface area contributed by atoms with Crippen LogP contribution in [0.1, 0.15) is 5.56 Å². The average molecular weight is 260 g/mol. The van der Waals surface area contributed by atoms with Crippen LogP contribution in [0.25, 0.3) is 0 Å². The summed E-state index contributed by atoms with van der Waals surface area (Å²) in [6.07, 6.45) is 0. The van der Waals surface area contributed by atoms with Gasteiger partial charge in [-0.2, -0.15) is 0 Å². The van der Waals surface area contributed by atoms with Crippen molar-refractivity contribution in [3.63, 3.8) is 0 Å². The fourth-order valence-electron chi connectivity index (χ4n) is 1.32. The first kappa shape index (κ1) is 14.3. The van der Waals surface area contributed by atoms with Crippen LogP contribution in [0, 0.1) is 0 Å². The second-order valence-electron chi connectivity index (χ2n) is 3.39. The maximum absolute atomic E-state index is 6.03. The Balaban J connectivity index is 2.35.